The molecule has 1 aliphatic heterocycles. The highest BCUT2D eigenvalue weighted by atomic mass is 32.2. The minimum absolute atomic E-state index is 0.0948. The van der Waals surface area contributed by atoms with Gasteiger partial charge in [0.05, 0.1) is 7.11 Å². The highest BCUT2D eigenvalue weighted by Crippen LogP contribution is 2.31. The molecule has 0 aliphatic carbocycles. The molecule has 9 heteroatoms. The molecule has 2 unspecified atom stereocenters. The van der Waals surface area contributed by atoms with E-state index in [0.29, 0.717) is 6.42 Å². The van der Waals surface area contributed by atoms with Crippen molar-refractivity contribution in [3.8, 4) is 5.75 Å². The molecule has 3 rings (SSSR count). The Labute approximate surface area is 177 Å². The van der Waals surface area contributed by atoms with Crippen LogP contribution in [0.2, 0.25) is 0 Å². The summed E-state index contributed by atoms with van der Waals surface area (Å²) in [6, 6.07) is 10.1. The molecule has 1 heterocycles. The zero-order valence-corrected chi connectivity index (χ0v) is 18.6. The van der Waals surface area contributed by atoms with Crippen LogP contribution >= 0.6 is 0 Å². The molecule has 162 valence electrons. The van der Waals surface area contributed by atoms with Gasteiger partial charge in [-0.05, 0) is 61.2 Å². The van der Waals surface area contributed by atoms with Crippen molar-refractivity contribution in [3.05, 3.63) is 53.1 Å². The molecule has 1 saturated heterocycles. The highest BCUT2D eigenvalue weighted by molar-refractivity contribution is 7.89. The van der Waals surface area contributed by atoms with Crippen molar-refractivity contribution >= 4 is 21.6 Å². The molecule has 0 spiro atoms. The quantitative estimate of drug-likeness (QED) is 0.647. The van der Waals surface area contributed by atoms with E-state index >= 15 is 0 Å². The number of carbonyl (C=O) groups is 1. The normalized spacial score (nSPS) is 19.1. The van der Waals surface area contributed by atoms with Gasteiger partial charge in [0.2, 0.25) is 15.9 Å². The van der Waals surface area contributed by atoms with E-state index in [1.807, 2.05) is 32.0 Å². The lowest BCUT2D eigenvalue weighted by atomic mass is 10.0. The Morgan fingerprint density at radius 3 is 2.47 bits per heavy atom. The summed E-state index contributed by atoms with van der Waals surface area (Å²) in [4.78, 5) is 12.8. The second-order valence-electron chi connectivity index (χ2n) is 7.62. The fraction of sp³-hybridized carbons (Fsp3) is 0.381. The third kappa shape index (κ3) is 4.49. The Hall–Kier alpha value is -2.46. The summed E-state index contributed by atoms with van der Waals surface area (Å²) < 4.78 is 31.7. The van der Waals surface area contributed by atoms with E-state index in [0.717, 1.165) is 26.7 Å². The lowest BCUT2D eigenvalue weighted by molar-refractivity contribution is -0.117. The number of nitrogens with zero attached hydrogens (tertiary/aromatic N) is 1. The van der Waals surface area contributed by atoms with Crippen molar-refractivity contribution in [2.45, 2.75) is 37.2 Å². The largest absolute Gasteiger partial charge is 0.495 e. The van der Waals surface area contributed by atoms with Gasteiger partial charge < -0.3 is 10.1 Å². The van der Waals surface area contributed by atoms with E-state index in [9.17, 15) is 13.2 Å². The predicted octanol–water partition coefficient (Wildman–Crippen LogP) is 2.11. The number of carbonyl (C=O) groups excluding carboxylic acids is 1. The summed E-state index contributed by atoms with van der Waals surface area (Å²) in [7, 11) is 0.720. The number of ether oxygens (including phenoxy) is 1. The van der Waals surface area contributed by atoms with Gasteiger partial charge in [0, 0.05) is 25.8 Å². The van der Waals surface area contributed by atoms with Crippen molar-refractivity contribution in [2.24, 2.45) is 0 Å². The fourth-order valence-electron chi connectivity index (χ4n) is 3.30. The first-order valence-electron chi connectivity index (χ1n) is 9.63. The van der Waals surface area contributed by atoms with Crippen molar-refractivity contribution in [3.63, 3.8) is 0 Å². The van der Waals surface area contributed by atoms with Gasteiger partial charge in [0.1, 0.15) is 16.7 Å². The molecule has 0 saturated carbocycles. The standard InChI is InChI=1S/C21H28N4O4S/c1-13-6-8-16(10-14(13)2)22-21(26)18-12-17(23-24-18)15-7-9-19(29-5)20(11-15)30(27,28)25(3)4/h6-11,17-18,23-24H,12H2,1-5H3,(H,22,26). The molecular weight excluding hydrogens is 404 g/mol. The molecule has 30 heavy (non-hydrogen) atoms. The van der Waals surface area contributed by atoms with Gasteiger partial charge in [0.25, 0.3) is 0 Å². The molecule has 3 N–H and O–H groups in total. The molecule has 2 atom stereocenters. The summed E-state index contributed by atoms with van der Waals surface area (Å²) in [5, 5.41) is 2.93. The SMILES string of the molecule is COc1ccc(C2CC(C(=O)Nc3ccc(C)c(C)c3)NN2)cc1S(=O)(=O)N(C)C. The molecule has 2 aromatic carbocycles. The first-order valence-corrected chi connectivity index (χ1v) is 11.1. The molecule has 8 nitrogen and oxygen atoms in total. The number of sulfonamides is 1. The van der Waals surface area contributed by atoms with E-state index in [1.165, 1.54) is 21.2 Å². The number of anilines is 1. The Morgan fingerprint density at radius 1 is 1.10 bits per heavy atom. The molecule has 0 aromatic heterocycles. The van der Waals surface area contributed by atoms with Crippen molar-refractivity contribution in [1.29, 1.82) is 0 Å². The van der Waals surface area contributed by atoms with E-state index in [-0.39, 0.29) is 22.6 Å². The minimum Gasteiger partial charge on any atom is -0.495 e. The Balaban J connectivity index is 1.76. The summed E-state index contributed by atoms with van der Waals surface area (Å²) in [5.74, 6) is 0.130. The van der Waals surface area contributed by atoms with Crippen LogP contribution in [0.4, 0.5) is 5.69 Å². The maximum absolute atomic E-state index is 12.7. The molecule has 0 radical (unpaired) electrons. The summed E-state index contributed by atoms with van der Waals surface area (Å²) >= 11 is 0. The smallest absolute Gasteiger partial charge is 0.246 e. The molecule has 1 fully saturated rings. The maximum atomic E-state index is 12.7. The van der Waals surface area contributed by atoms with Crippen LogP contribution in [-0.4, -0.2) is 45.9 Å². The summed E-state index contributed by atoms with van der Waals surface area (Å²) in [6.07, 6.45) is 0.477. The number of nitrogens with one attached hydrogen (secondary N) is 3. The second kappa shape index (κ2) is 8.73. The predicted molar refractivity (Wildman–Crippen MR) is 116 cm³/mol. The highest BCUT2D eigenvalue weighted by Gasteiger charge is 2.32. The number of amides is 1. The Morgan fingerprint density at radius 2 is 1.83 bits per heavy atom. The summed E-state index contributed by atoms with van der Waals surface area (Å²) in [5.41, 5.74) is 9.88. The van der Waals surface area contributed by atoms with E-state index < -0.39 is 16.1 Å². The lowest BCUT2D eigenvalue weighted by Gasteiger charge is -2.17. The van der Waals surface area contributed by atoms with Gasteiger partial charge in [-0.25, -0.2) is 23.6 Å². The molecule has 0 bridgehead atoms. The number of hydrogen-bond donors (Lipinski definition) is 3. The van der Waals surface area contributed by atoms with Crippen LogP contribution in [0.15, 0.2) is 41.3 Å². The lowest BCUT2D eigenvalue weighted by Crippen LogP contribution is -2.39. The van der Waals surface area contributed by atoms with E-state index in [4.69, 9.17) is 4.74 Å². The van der Waals surface area contributed by atoms with Crippen molar-refractivity contribution in [1.82, 2.24) is 15.2 Å². The van der Waals surface area contributed by atoms with Gasteiger partial charge in [0.15, 0.2) is 0 Å². The molecular formula is C21H28N4O4S. The van der Waals surface area contributed by atoms with Crippen molar-refractivity contribution in [2.75, 3.05) is 26.5 Å². The number of methoxy groups -OCH3 is 1. The van der Waals surface area contributed by atoms with Crippen LogP contribution in [0.1, 0.15) is 29.2 Å². The van der Waals surface area contributed by atoms with Crippen molar-refractivity contribution < 1.29 is 17.9 Å². The first kappa shape index (κ1) is 22.2. The summed E-state index contributed by atoms with van der Waals surface area (Å²) in [6.45, 7) is 4.02. The van der Waals surface area contributed by atoms with Crippen LogP contribution in [0.25, 0.3) is 0 Å². The zero-order chi connectivity index (χ0) is 22.1. The Bertz CT molecular complexity index is 1050. The number of benzene rings is 2. The third-order valence-corrected chi connectivity index (χ3v) is 7.18. The minimum atomic E-state index is -3.67. The average Bonchev–Trinajstić information content (AvgIpc) is 3.20. The average molecular weight is 433 g/mol. The van der Waals surface area contributed by atoms with Crippen LogP contribution in [0.5, 0.6) is 5.75 Å². The molecule has 2 aromatic rings. The number of rotatable bonds is 6. The number of aryl methyl sites for hydroxylation is 2. The first-order chi connectivity index (χ1) is 14.1. The van der Waals surface area contributed by atoms with E-state index in [1.54, 1.807) is 18.2 Å². The molecule has 1 amide bonds. The van der Waals surface area contributed by atoms with Gasteiger partial charge in [-0.3, -0.25) is 4.79 Å². The topological polar surface area (TPSA) is 99.8 Å². The van der Waals surface area contributed by atoms with Gasteiger partial charge >= 0.3 is 0 Å². The number of hydrazine groups is 1. The zero-order valence-electron chi connectivity index (χ0n) is 17.8. The second-order valence-corrected chi connectivity index (χ2v) is 9.74. The third-order valence-electron chi connectivity index (χ3n) is 5.34. The number of hydrogen-bond acceptors (Lipinski definition) is 6. The molecule has 1 aliphatic rings. The monoisotopic (exact) mass is 432 g/mol. The maximum Gasteiger partial charge on any atom is 0.246 e. The van der Waals surface area contributed by atoms with Gasteiger partial charge in [-0.1, -0.05) is 12.1 Å². The van der Waals surface area contributed by atoms with Crippen LogP contribution in [0.3, 0.4) is 0 Å². The van der Waals surface area contributed by atoms with Crippen LogP contribution in [-0.2, 0) is 14.8 Å². The van der Waals surface area contributed by atoms with Crippen LogP contribution < -0.4 is 20.9 Å². The van der Waals surface area contributed by atoms with Gasteiger partial charge in [-0.2, -0.15) is 0 Å². The fourth-order valence-corrected chi connectivity index (χ4v) is 4.39. The van der Waals surface area contributed by atoms with Gasteiger partial charge in [-0.15, -0.1) is 0 Å². The Kier molecular flexibility index (Phi) is 6.47. The van der Waals surface area contributed by atoms with E-state index in [2.05, 4.69) is 16.2 Å². The van der Waals surface area contributed by atoms with Crippen LogP contribution in [0, 0.1) is 13.8 Å².